The molecular formula is C17H13N3O3S2. The third-order valence-corrected chi connectivity index (χ3v) is 4.65. The maximum Gasteiger partial charge on any atom is 0.285 e. The summed E-state index contributed by atoms with van der Waals surface area (Å²) in [5.74, 6) is -0.0911. The lowest BCUT2D eigenvalue weighted by molar-refractivity contribution is -0.123. The average molecular weight is 371 g/mol. The second kappa shape index (κ2) is 7.45. The first-order chi connectivity index (χ1) is 12.1. The lowest BCUT2D eigenvalue weighted by Crippen LogP contribution is -2.44. The highest BCUT2D eigenvalue weighted by atomic mass is 32.2. The highest BCUT2D eigenvalue weighted by molar-refractivity contribution is 8.26. The first-order valence-electron chi connectivity index (χ1n) is 7.21. The zero-order valence-electron chi connectivity index (χ0n) is 13.1. The number of carbonyl (C=O) groups is 2. The predicted molar refractivity (Wildman–Crippen MR) is 99.7 cm³/mol. The van der Waals surface area contributed by atoms with Gasteiger partial charge in [-0.1, -0.05) is 23.9 Å². The van der Waals surface area contributed by atoms with E-state index in [2.05, 4.69) is 10.4 Å². The number of hydrazine groups is 1. The second-order valence-corrected chi connectivity index (χ2v) is 6.65. The van der Waals surface area contributed by atoms with Gasteiger partial charge in [-0.25, -0.2) is 0 Å². The van der Waals surface area contributed by atoms with Gasteiger partial charge in [-0.3, -0.25) is 20.0 Å². The van der Waals surface area contributed by atoms with Gasteiger partial charge in [0, 0.05) is 12.4 Å². The summed E-state index contributed by atoms with van der Waals surface area (Å²) in [6.07, 6.45) is 4.70. The van der Waals surface area contributed by atoms with Crippen LogP contribution in [0.5, 0.6) is 5.75 Å². The fourth-order valence-corrected chi connectivity index (χ4v) is 3.26. The zero-order chi connectivity index (χ0) is 17.8. The van der Waals surface area contributed by atoms with Crippen LogP contribution in [0.25, 0.3) is 6.08 Å². The molecule has 0 atom stereocenters. The number of amides is 2. The number of carbonyl (C=O) groups excluding carboxylic acids is 2. The molecule has 0 unspecified atom stereocenters. The number of thioether (sulfide) groups is 1. The standard InChI is InChI=1S/C17H13N3O3S2/c1-23-13-6-4-11(5-7-13)9-14-16(22)20(17(24)25-14)19-15(21)12-3-2-8-18-10-12/h2-10H,1H3,(H,19,21)/b14-9+. The highest BCUT2D eigenvalue weighted by Crippen LogP contribution is 2.31. The molecule has 0 spiro atoms. The lowest BCUT2D eigenvalue weighted by atomic mass is 10.2. The Morgan fingerprint density at radius 1 is 1.32 bits per heavy atom. The van der Waals surface area contributed by atoms with Gasteiger partial charge >= 0.3 is 0 Å². The Bertz CT molecular complexity index is 851. The molecule has 0 aliphatic carbocycles. The molecule has 1 aromatic heterocycles. The van der Waals surface area contributed by atoms with Crippen molar-refractivity contribution in [3.8, 4) is 5.75 Å². The van der Waals surface area contributed by atoms with Crippen LogP contribution < -0.4 is 10.2 Å². The second-order valence-electron chi connectivity index (χ2n) is 4.97. The Hall–Kier alpha value is -2.71. The Kier molecular flexibility index (Phi) is 5.11. The van der Waals surface area contributed by atoms with Crippen LogP contribution in [0.3, 0.4) is 0 Å². The number of rotatable bonds is 4. The minimum absolute atomic E-state index is 0.266. The summed E-state index contributed by atoms with van der Waals surface area (Å²) < 4.78 is 5.37. The molecule has 3 rings (SSSR count). The van der Waals surface area contributed by atoms with Crippen molar-refractivity contribution < 1.29 is 14.3 Å². The fourth-order valence-electron chi connectivity index (χ4n) is 2.08. The number of aromatic nitrogens is 1. The highest BCUT2D eigenvalue weighted by Gasteiger charge is 2.33. The molecular weight excluding hydrogens is 358 g/mol. The van der Waals surface area contributed by atoms with Crippen molar-refractivity contribution in [2.24, 2.45) is 0 Å². The summed E-state index contributed by atoms with van der Waals surface area (Å²) in [4.78, 5) is 29.0. The van der Waals surface area contributed by atoms with Crippen molar-refractivity contribution in [2.75, 3.05) is 7.11 Å². The number of hydrogen-bond acceptors (Lipinski definition) is 6. The molecule has 2 heterocycles. The van der Waals surface area contributed by atoms with Crippen LogP contribution in [0.4, 0.5) is 0 Å². The first-order valence-corrected chi connectivity index (χ1v) is 8.44. The van der Waals surface area contributed by atoms with E-state index in [0.717, 1.165) is 28.1 Å². The molecule has 2 aromatic rings. The molecule has 2 amide bonds. The summed E-state index contributed by atoms with van der Waals surface area (Å²) in [5.41, 5.74) is 3.69. The Morgan fingerprint density at radius 3 is 2.72 bits per heavy atom. The van der Waals surface area contributed by atoms with Crippen molar-refractivity contribution >= 4 is 46.2 Å². The largest absolute Gasteiger partial charge is 0.497 e. The van der Waals surface area contributed by atoms with Gasteiger partial charge in [0.05, 0.1) is 17.6 Å². The predicted octanol–water partition coefficient (Wildman–Crippen LogP) is 2.64. The van der Waals surface area contributed by atoms with Crippen molar-refractivity contribution in [1.82, 2.24) is 15.4 Å². The zero-order valence-corrected chi connectivity index (χ0v) is 14.8. The summed E-state index contributed by atoms with van der Waals surface area (Å²) >= 11 is 6.33. The van der Waals surface area contributed by atoms with Gasteiger partial charge in [0.15, 0.2) is 4.32 Å². The molecule has 1 aliphatic heterocycles. The number of pyridine rings is 1. The van der Waals surface area contributed by atoms with E-state index >= 15 is 0 Å². The van der Waals surface area contributed by atoms with Gasteiger partial charge < -0.3 is 4.74 Å². The SMILES string of the molecule is COc1ccc(/C=C2/SC(=S)N(NC(=O)c3cccnc3)C2=O)cc1. The van der Waals surface area contributed by atoms with E-state index in [1.165, 1.54) is 6.20 Å². The summed E-state index contributed by atoms with van der Waals surface area (Å²) in [7, 11) is 1.59. The van der Waals surface area contributed by atoms with E-state index in [9.17, 15) is 9.59 Å². The molecule has 1 N–H and O–H groups in total. The number of nitrogens with zero attached hydrogens (tertiary/aromatic N) is 2. The summed E-state index contributed by atoms with van der Waals surface area (Å²) in [6.45, 7) is 0. The van der Waals surface area contributed by atoms with E-state index in [-0.39, 0.29) is 10.2 Å². The van der Waals surface area contributed by atoms with Crippen LogP contribution in [0, 0.1) is 0 Å². The van der Waals surface area contributed by atoms with Crippen molar-refractivity contribution in [3.05, 3.63) is 64.8 Å². The van der Waals surface area contributed by atoms with E-state index in [4.69, 9.17) is 17.0 Å². The van der Waals surface area contributed by atoms with Gasteiger partial charge in [-0.15, -0.1) is 0 Å². The number of hydrogen-bond donors (Lipinski definition) is 1. The summed E-state index contributed by atoms with van der Waals surface area (Å²) in [5, 5.41) is 1.07. The van der Waals surface area contributed by atoms with E-state index in [1.807, 2.05) is 12.1 Å². The van der Waals surface area contributed by atoms with Gasteiger partial charge in [0.25, 0.3) is 11.8 Å². The Morgan fingerprint density at radius 2 is 2.08 bits per heavy atom. The molecule has 1 fully saturated rings. The number of methoxy groups -OCH3 is 1. The minimum atomic E-state index is -0.449. The fraction of sp³-hybridized carbons (Fsp3) is 0.0588. The minimum Gasteiger partial charge on any atom is -0.497 e. The van der Waals surface area contributed by atoms with Gasteiger partial charge in [-0.2, -0.15) is 5.01 Å². The molecule has 1 saturated heterocycles. The normalized spacial score (nSPS) is 15.6. The van der Waals surface area contributed by atoms with Crippen molar-refractivity contribution in [1.29, 1.82) is 0 Å². The molecule has 8 heteroatoms. The van der Waals surface area contributed by atoms with Crippen LogP contribution in [-0.4, -0.2) is 33.2 Å². The molecule has 0 radical (unpaired) electrons. The first kappa shape index (κ1) is 17.1. The van der Waals surface area contributed by atoms with Gasteiger partial charge in [0.2, 0.25) is 0 Å². The molecule has 0 bridgehead atoms. The van der Waals surface area contributed by atoms with E-state index in [1.54, 1.807) is 43.6 Å². The average Bonchev–Trinajstić information content (AvgIpc) is 2.90. The van der Waals surface area contributed by atoms with E-state index in [0.29, 0.717) is 10.5 Å². The van der Waals surface area contributed by atoms with Gasteiger partial charge in [-0.05, 0) is 48.1 Å². The van der Waals surface area contributed by atoms with Crippen molar-refractivity contribution in [2.45, 2.75) is 0 Å². The van der Waals surface area contributed by atoms with Crippen molar-refractivity contribution in [3.63, 3.8) is 0 Å². The number of nitrogens with one attached hydrogen (secondary N) is 1. The molecule has 1 aliphatic rings. The lowest BCUT2D eigenvalue weighted by Gasteiger charge is -2.15. The monoisotopic (exact) mass is 371 g/mol. The van der Waals surface area contributed by atoms with Crippen LogP contribution >= 0.6 is 24.0 Å². The Balaban J connectivity index is 1.75. The van der Waals surface area contributed by atoms with Crippen LogP contribution in [-0.2, 0) is 4.79 Å². The Labute approximate surface area is 153 Å². The van der Waals surface area contributed by atoms with Gasteiger partial charge in [0.1, 0.15) is 5.75 Å². The smallest absolute Gasteiger partial charge is 0.285 e. The quantitative estimate of drug-likeness (QED) is 0.658. The maximum absolute atomic E-state index is 12.5. The third-order valence-electron chi connectivity index (χ3n) is 3.34. The molecule has 0 saturated carbocycles. The third kappa shape index (κ3) is 3.86. The van der Waals surface area contributed by atoms with Crippen LogP contribution in [0.1, 0.15) is 15.9 Å². The maximum atomic E-state index is 12.5. The van der Waals surface area contributed by atoms with Crippen LogP contribution in [0.15, 0.2) is 53.7 Å². The number of benzene rings is 1. The topological polar surface area (TPSA) is 71.5 Å². The molecule has 25 heavy (non-hydrogen) atoms. The number of thiocarbonyl (C=S) groups is 1. The molecule has 6 nitrogen and oxygen atoms in total. The van der Waals surface area contributed by atoms with Crippen LogP contribution in [0.2, 0.25) is 0 Å². The summed E-state index contributed by atoms with van der Waals surface area (Å²) in [6, 6.07) is 10.5. The molecule has 1 aromatic carbocycles. The molecule has 126 valence electrons. The van der Waals surface area contributed by atoms with E-state index < -0.39 is 5.91 Å². The number of ether oxygens (including phenoxy) is 1.